The molecular formula is C24H25N3O4S. The van der Waals surface area contributed by atoms with Gasteiger partial charge in [0.05, 0.1) is 0 Å². The van der Waals surface area contributed by atoms with Crippen LogP contribution in [-0.2, 0) is 13.2 Å². The summed E-state index contributed by atoms with van der Waals surface area (Å²) in [5, 5.41) is 3.27. The molecule has 0 aliphatic rings. The zero-order chi connectivity index (χ0) is 20.6. The summed E-state index contributed by atoms with van der Waals surface area (Å²) in [5.74, 6) is 2.09. The van der Waals surface area contributed by atoms with Gasteiger partial charge in [0.25, 0.3) is 0 Å². The second-order valence-corrected chi connectivity index (χ2v) is 7.04. The molecule has 1 heterocycles. The lowest BCUT2D eigenvalue weighted by Gasteiger charge is -2.10. The first-order valence-corrected chi connectivity index (χ1v) is 9.99. The lowest BCUT2D eigenvalue weighted by atomic mass is 10.2. The third-order valence-corrected chi connectivity index (χ3v) is 4.80. The molecule has 4 rings (SSSR count). The van der Waals surface area contributed by atoms with Crippen LogP contribution in [-0.4, -0.2) is 20.9 Å². The third-order valence-electron chi connectivity index (χ3n) is 4.37. The molecule has 0 amide bonds. The molecule has 0 fully saturated rings. The Labute approximate surface area is 192 Å². The Bertz CT molecular complexity index is 1100. The summed E-state index contributed by atoms with van der Waals surface area (Å²) in [7, 11) is 0. The summed E-state index contributed by atoms with van der Waals surface area (Å²) in [5.41, 5.74) is 2.21. The molecule has 166 valence electrons. The molecule has 0 atom stereocenters. The summed E-state index contributed by atoms with van der Waals surface area (Å²) in [4.78, 5) is 9.53. The maximum atomic E-state index is 5.80. The molecule has 5 N–H and O–H groups in total. The van der Waals surface area contributed by atoms with Crippen LogP contribution in [0.2, 0.25) is 0 Å². The van der Waals surface area contributed by atoms with Gasteiger partial charge in [-0.2, -0.15) is 4.98 Å². The molecule has 0 spiro atoms. The number of benzene rings is 3. The van der Waals surface area contributed by atoms with Gasteiger partial charge in [0, 0.05) is 17.6 Å². The average molecular weight is 452 g/mol. The molecule has 1 aromatic heterocycles. The van der Waals surface area contributed by atoms with Crippen LogP contribution >= 0.6 is 12.6 Å². The fraction of sp³-hybridized carbons (Fsp3) is 0.0833. The van der Waals surface area contributed by atoms with E-state index < -0.39 is 0 Å². The van der Waals surface area contributed by atoms with Crippen molar-refractivity contribution < 1.29 is 20.4 Å². The van der Waals surface area contributed by atoms with Crippen molar-refractivity contribution >= 4 is 18.4 Å². The molecule has 4 aromatic rings. The fourth-order valence-electron chi connectivity index (χ4n) is 2.78. The van der Waals surface area contributed by atoms with Crippen LogP contribution in [0.25, 0.3) is 0 Å². The highest BCUT2D eigenvalue weighted by atomic mass is 32.1. The molecule has 32 heavy (non-hydrogen) atoms. The highest BCUT2D eigenvalue weighted by Crippen LogP contribution is 2.23. The number of hydrogen-bond donors (Lipinski definition) is 2. The van der Waals surface area contributed by atoms with Crippen LogP contribution in [0.4, 0.5) is 5.82 Å². The van der Waals surface area contributed by atoms with Crippen LogP contribution < -0.4 is 14.8 Å². The average Bonchev–Trinajstić information content (AvgIpc) is 2.79. The van der Waals surface area contributed by atoms with Gasteiger partial charge < -0.3 is 25.7 Å². The van der Waals surface area contributed by atoms with Crippen molar-refractivity contribution in [2.45, 2.75) is 18.0 Å². The number of ether oxygens (including phenoxy) is 2. The molecule has 0 saturated carbocycles. The molecular weight excluding hydrogens is 426 g/mol. The second-order valence-electron chi connectivity index (χ2n) is 6.55. The maximum absolute atomic E-state index is 5.80. The minimum Gasteiger partial charge on any atom is -0.489 e. The van der Waals surface area contributed by atoms with E-state index in [0.29, 0.717) is 24.7 Å². The van der Waals surface area contributed by atoms with E-state index >= 15 is 0 Å². The van der Waals surface area contributed by atoms with E-state index in [0.717, 1.165) is 21.8 Å². The second kappa shape index (κ2) is 12.3. The summed E-state index contributed by atoms with van der Waals surface area (Å²) in [6.45, 7) is 1.14. The van der Waals surface area contributed by atoms with Crippen LogP contribution in [0.15, 0.2) is 96.0 Å². The van der Waals surface area contributed by atoms with Gasteiger partial charge in [-0.3, -0.25) is 0 Å². The van der Waals surface area contributed by atoms with E-state index in [-0.39, 0.29) is 17.0 Å². The molecule has 0 aliphatic carbocycles. The first-order chi connectivity index (χ1) is 14.8. The Morgan fingerprint density at radius 1 is 0.781 bits per heavy atom. The number of nitrogens with zero attached hydrogens (tertiary/aromatic N) is 2. The Hall–Kier alpha value is -3.59. The van der Waals surface area contributed by atoms with Crippen molar-refractivity contribution in [1.29, 1.82) is 0 Å². The number of aromatic nitrogens is 2. The number of rotatable bonds is 8. The number of thiol groups is 1. The normalized spacial score (nSPS) is 9.78. The lowest BCUT2D eigenvalue weighted by Crippen LogP contribution is -2.03. The first kappa shape index (κ1) is 24.7. The largest absolute Gasteiger partial charge is 0.489 e. The summed E-state index contributed by atoms with van der Waals surface area (Å²) in [6.07, 6.45) is 1.66. The van der Waals surface area contributed by atoms with Crippen LogP contribution in [0.1, 0.15) is 11.1 Å². The smallest absolute Gasteiger partial charge is 0.323 e. The maximum Gasteiger partial charge on any atom is 0.323 e. The van der Waals surface area contributed by atoms with Gasteiger partial charge in [-0.1, -0.05) is 48.5 Å². The van der Waals surface area contributed by atoms with Crippen molar-refractivity contribution in [3.05, 3.63) is 102 Å². The van der Waals surface area contributed by atoms with Crippen LogP contribution in [0.5, 0.6) is 17.5 Å². The van der Waals surface area contributed by atoms with Gasteiger partial charge in [-0.25, -0.2) is 4.98 Å². The Morgan fingerprint density at radius 3 is 2.22 bits per heavy atom. The zero-order valence-electron chi connectivity index (χ0n) is 17.2. The van der Waals surface area contributed by atoms with Crippen molar-refractivity contribution in [3.8, 4) is 17.5 Å². The Morgan fingerprint density at radius 2 is 1.47 bits per heavy atom. The molecule has 0 bridgehead atoms. The number of hydrogen-bond acceptors (Lipinski definition) is 6. The first-order valence-electron chi connectivity index (χ1n) is 9.55. The summed E-state index contributed by atoms with van der Waals surface area (Å²) < 4.78 is 11.6. The standard InChI is InChI=1S/C24H21N3O2S.2H2O/c30-22-9-5-4-8-19(22)16-26-23-14-15-25-24(27-23)29-21-12-10-20(11-13-21)28-17-18-6-2-1-3-7-18;;/h1-15,30H,16-17H2,(H,25,26,27);2*1H2. The zero-order valence-corrected chi connectivity index (χ0v) is 18.1. The third kappa shape index (κ3) is 6.98. The van der Waals surface area contributed by atoms with E-state index in [1.165, 1.54) is 0 Å². The molecule has 0 aliphatic heterocycles. The van der Waals surface area contributed by atoms with Crippen molar-refractivity contribution in [1.82, 2.24) is 9.97 Å². The van der Waals surface area contributed by atoms with Gasteiger partial charge in [0.2, 0.25) is 0 Å². The van der Waals surface area contributed by atoms with Crippen molar-refractivity contribution in [2.75, 3.05) is 5.32 Å². The summed E-state index contributed by atoms with van der Waals surface area (Å²) in [6, 6.07) is 27.4. The topological polar surface area (TPSA) is 119 Å². The minimum atomic E-state index is 0. The van der Waals surface area contributed by atoms with E-state index in [2.05, 4.69) is 27.9 Å². The predicted molar refractivity (Wildman–Crippen MR) is 128 cm³/mol. The number of nitrogens with one attached hydrogen (secondary N) is 1. The van der Waals surface area contributed by atoms with E-state index in [9.17, 15) is 0 Å². The van der Waals surface area contributed by atoms with Crippen LogP contribution in [0.3, 0.4) is 0 Å². The SMILES string of the molecule is O.O.Sc1ccccc1CNc1ccnc(Oc2ccc(OCc3ccccc3)cc2)n1. The van der Waals surface area contributed by atoms with Gasteiger partial charge in [-0.05, 0) is 47.5 Å². The fourth-order valence-corrected chi connectivity index (χ4v) is 3.02. The number of anilines is 1. The summed E-state index contributed by atoms with van der Waals surface area (Å²) >= 11 is 4.47. The van der Waals surface area contributed by atoms with Gasteiger partial charge in [0.1, 0.15) is 23.9 Å². The molecule has 7 nitrogen and oxygen atoms in total. The Kier molecular flexibility index (Phi) is 9.49. The van der Waals surface area contributed by atoms with Gasteiger partial charge in [-0.15, -0.1) is 12.6 Å². The highest BCUT2D eigenvalue weighted by Gasteiger charge is 2.04. The van der Waals surface area contributed by atoms with E-state index in [1.807, 2.05) is 78.9 Å². The molecule has 0 saturated heterocycles. The van der Waals surface area contributed by atoms with Crippen molar-refractivity contribution in [3.63, 3.8) is 0 Å². The monoisotopic (exact) mass is 451 g/mol. The van der Waals surface area contributed by atoms with E-state index in [4.69, 9.17) is 9.47 Å². The van der Waals surface area contributed by atoms with Gasteiger partial charge in [0.15, 0.2) is 0 Å². The van der Waals surface area contributed by atoms with E-state index in [1.54, 1.807) is 12.3 Å². The predicted octanol–water partition coefficient (Wildman–Crippen LogP) is 4.10. The Balaban J connectivity index is 0.00000181. The molecule has 3 aromatic carbocycles. The molecule has 0 radical (unpaired) electrons. The van der Waals surface area contributed by atoms with Crippen LogP contribution in [0, 0.1) is 0 Å². The quantitative estimate of drug-likeness (QED) is 0.391. The molecule has 8 heteroatoms. The lowest BCUT2D eigenvalue weighted by molar-refractivity contribution is 0.305. The molecule has 0 unspecified atom stereocenters. The van der Waals surface area contributed by atoms with Gasteiger partial charge >= 0.3 is 6.01 Å². The van der Waals surface area contributed by atoms with Crippen molar-refractivity contribution in [2.24, 2.45) is 0 Å². The minimum absolute atomic E-state index is 0. The highest BCUT2D eigenvalue weighted by molar-refractivity contribution is 7.80.